The zero-order valence-electron chi connectivity index (χ0n) is 12.0. The van der Waals surface area contributed by atoms with Gasteiger partial charge in [0, 0.05) is 19.3 Å². The van der Waals surface area contributed by atoms with Crippen molar-refractivity contribution >= 4 is 28.8 Å². The molecule has 0 N–H and O–H groups in total. The summed E-state index contributed by atoms with van der Waals surface area (Å²) in [5.41, 5.74) is 2.99. The lowest BCUT2D eigenvalue weighted by atomic mass is 9.82. The average Bonchev–Trinajstić information content (AvgIpc) is 2.90. The van der Waals surface area contributed by atoms with Gasteiger partial charge in [-0.1, -0.05) is 30.3 Å². The van der Waals surface area contributed by atoms with Crippen molar-refractivity contribution in [2.75, 3.05) is 13.6 Å². The molecule has 0 atom stereocenters. The Morgan fingerprint density at radius 3 is 2.50 bits per heavy atom. The Morgan fingerprint density at radius 2 is 1.85 bits per heavy atom. The van der Waals surface area contributed by atoms with Crippen molar-refractivity contribution in [2.45, 2.75) is 20.3 Å². The van der Waals surface area contributed by atoms with E-state index in [9.17, 15) is 4.79 Å². The molecule has 1 amide bonds. The Kier molecular flexibility index (Phi) is 2.94. The van der Waals surface area contributed by atoms with Crippen LogP contribution < -0.4 is 0 Å². The largest absolute Gasteiger partial charge is 0.321 e. The molecule has 0 aliphatic carbocycles. The van der Waals surface area contributed by atoms with Gasteiger partial charge in [0.2, 0.25) is 5.91 Å². The standard InChI is InChI=1S/C16H18N2OS/c1-16(2)13-12(11-7-5-4-6-8-11)9-10-18(13)15(20)17(3)14(16)19/h4-8H,9-10H2,1-3H3. The van der Waals surface area contributed by atoms with Crippen molar-refractivity contribution < 1.29 is 4.79 Å². The van der Waals surface area contributed by atoms with Crippen molar-refractivity contribution in [3.8, 4) is 0 Å². The SMILES string of the molecule is CN1C(=O)C(C)(C)C2=C(c3ccccc3)CCN2C1=S. The fraction of sp³-hybridized carbons (Fsp3) is 0.375. The van der Waals surface area contributed by atoms with Gasteiger partial charge in [0.15, 0.2) is 5.11 Å². The minimum Gasteiger partial charge on any atom is -0.321 e. The number of carbonyl (C=O) groups is 1. The lowest BCUT2D eigenvalue weighted by Gasteiger charge is -2.43. The quantitative estimate of drug-likeness (QED) is 0.742. The highest BCUT2D eigenvalue weighted by molar-refractivity contribution is 7.80. The van der Waals surface area contributed by atoms with Crippen LogP contribution in [-0.2, 0) is 4.79 Å². The molecule has 1 aromatic carbocycles. The van der Waals surface area contributed by atoms with Gasteiger partial charge in [-0.15, -0.1) is 0 Å². The van der Waals surface area contributed by atoms with Gasteiger partial charge in [-0.2, -0.15) is 0 Å². The maximum Gasteiger partial charge on any atom is 0.240 e. The number of hydrogen-bond donors (Lipinski definition) is 0. The lowest BCUT2D eigenvalue weighted by molar-refractivity contribution is -0.135. The molecular formula is C16H18N2OS. The summed E-state index contributed by atoms with van der Waals surface area (Å²) in [4.78, 5) is 16.3. The molecule has 2 aliphatic heterocycles. The number of nitrogens with zero attached hydrogens (tertiary/aromatic N) is 2. The molecule has 1 aromatic rings. The summed E-state index contributed by atoms with van der Waals surface area (Å²) < 4.78 is 0. The summed E-state index contributed by atoms with van der Waals surface area (Å²) in [6.45, 7) is 4.84. The molecule has 1 fully saturated rings. The Balaban J connectivity index is 2.19. The zero-order chi connectivity index (χ0) is 14.5. The minimum atomic E-state index is -0.529. The number of benzene rings is 1. The molecule has 0 saturated carbocycles. The van der Waals surface area contributed by atoms with Crippen molar-refractivity contribution in [3.63, 3.8) is 0 Å². The van der Waals surface area contributed by atoms with Crippen molar-refractivity contribution in [2.24, 2.45) is 5.41 Å². The van der Waals surface area contributed by atoms with Crippen molar-refractivity contribution in [1.29, 1.82) is 0 Å². The van der Waals surface area contributed by atoms with Crippen molar-refractivity contribution in [1.82, 2.24) is 9.80 Å². The fourth-order valence-electron chi connectivity index (χ4n) is 3.23. The number of hydrogen-bond acceptors (Lipinski definition) is 2. The molecule has 0 aromatic heterocycles. The zero-order valence-corrected chi connectivity index (χ0v) is 12.8. The number of thiocarbonyl (C=S) groups is 1. The van der Waals surface area contributed by atoms with Gasteiger partial charge in [-0.05, 0) is 43.6 Å². The summed E-state index contributed by atoms with van der Waals surface area (Å²) in [5, 5.41) is 0.621. The summed E-state index contributed by atoms with van der Waals surface area (Å²) in [5.74, 6) is 0.0732. The highest BCUT2D eigenvalue weighted by Crippen LogP contribution is 2.45. The van der Waals surface area contributed by atoms with Gasteiger partial charge in [0.25, 0.3) is 0 Å². The third-order valence-electron chi connectivity index (χ3n) is 4.21. The van der Waals surface area contributed by atoms with Gasteiger partial charge in [-0.3, -0.25) is 9.69 Å². The summed E-state index contributed by atoms with van der Waals surface area (Å²) in [6, 6.07) is 10.3. The van der Waals surface area contributed by atoms with Crippen LogP contribution in [0.15, 0.2) is 36.0 Å². The van der Waals surface area contributed by atoms with Gasteiger partial charge in [-0.25, -0.2) is 0 Å². The Labute approximate surface area is 124 Å². The summed E-state index contributed by atoms with van der Waals surface area (Å²) in [6.07, 6.45) is 0.935. The van der Waals surface area contributed by atoms with Crippen LogP contribution in [0.5, 0.6) is 0 Å². The maximum absolute atomic E-state index is 12.6. The van der Waals surface area contributed by atoms with E-state index in [1.54, 1.807) is 11.9 Å². The molecule has 1 saturated heterocycles. The van der Waals surface area contributed by atoms with Crippen LogP contribution in [0.3, 0.4) is 0 Å². The second-order valence-electron chi connectivity index (χ2n) is 5.87. The Hall–Kier alpha value is -1.68. The number of rotatable bonds is 1. The molecule has 0 spiro atoms. The second kappa shape index (κ2) is 4.42. The third kappa shape index (κ3) is 1.71. The summed E-state index contributed by atoms with van der Waals surface area (Å²) in [7, 11) is 1.77. The molecule has 2 aliphatic rings. The van der Waals surface area contributed by atoms with Crippen LogP contribution in [0.4, 0.5) is 0 Å². The smallest absolute Gasteiger partial charge is 0.240 e. The predicted molar refractivity (Wildman–Crippen MR) is 83.8 cm³/mol. The normalized spacial score (nSPS) is 21.6. The van der Waals surface area contributed by atoms with Crippen LogP contribution in [-0.4, -0.2) is 34.4 Å². The van der Waals surface area contributed by atoms with Gasteiger partial charge in [0.1, 0.15) is 0 Å². The van der Waals surface area contributed by atoms with Gasteiger partial charge >= 0.3 is 0 Å². The van der Waals surface area contributed by atoms with Crippen LogP contribution in [0, 0.1) is 5.41 Å². The van der Waals surface area contributed by atoms with Crippen LogP contribution in [0.2, 0.25) is 0 Å². The molecule has 20 heavy (non-hydrogen) atoms. The topological polar surface area (TPSA) is 23.6 Å². The first-order chi connectivity index (χ1) is 9.44. The Bertz CT molecular complexity index is 619. The molecule has 0 bridgehead atoms. The molecule has 0 radical (unpaired) electrons. The van der Waals surface area contributed by atoms with E-state index in [1.807, 2.05) is 32.0 Å². The molecule has 4 heteroatoms. The highest BCUT2D eigenvalue weighted by Gasteiger charge is 2.48. The fourth-order valence-corrected chi connectivity index (χ4v) is 3.50. The van der Waals surface area contributed by atoms with Crippen LogP contribution in [0.1, 0.15) is 25.8 Å². The van der Waals surface area contributed by atoms with E-state index in [-0.39, 0.29) is 5.91 Å². The van der Waals surface area contributed by atoms with Gasteiger partial charge < -0.3 is 4.90 Å². The monoisotopic (exact) mass is 286 g/mol. The van der Waals surface area contributed by atoms with Gasteiger partial charge in [0.05, 0.1) is 5.41 Å². The van der Waals surface area contributed by atoms with Crippen molar-refractivity contribution in [3.05, 3.63) is 41.6 Å². The minimum absolute atomic E-state index is 0.0732. The average molecular weight is 286 g/mol. The number of amides is 1. The molecular weight excluding hydrogens is 268 g/mol. The van der Waals surface area contributed by atoms with E-state index in [0.717, 1.165) is 18.7 Å². The molecule has 0 unspecified atom stereocenters. The van der Waals surface area contributed by atoms with Crippen LogP contribution >= 0.6 is 12.2 Å². The first-order valence-electron chi connectivity index (χ1n) is 6.83. The molecule has 2 heterocycles. The predicted octanol–water partition coefficient (Wildman–Crippen LogP) is 2.89. The first kappa shape index (κ1) is 13.3. The third-order valence-corrected chi connectivity index (χ3v) is 4.71. The number of carbonyl (C=O) groups excluding carboxylic acids is 1. The second-order valence-corrected chi connectivity index (χ2v) is 6.23. The Morgan fingerprint density at radius 1 is 1.20 bits per heavy atom. The summed E-state index contributed by atoms with van der Waals surface area (Å²) >= 11 is 5.45. The van der Waals surface area contributed by atoms with Crippen LogP contribution in [0.25, 0.3) is 5.57 Å². The van der Waals surface area contributed by atoms with E-state index >= 15 is 0 Å². The lowest BCUT2D eigenvalue weighted by Crippen LogP contribution is -2.56. The van der Waals surface area contributed by atoms with E-state index < -0.39 is 5.41 Å². The molecule has 3 nitrogen and oxygen atoms in total. The van der Waals surface area contributed by atoms with E-state index in [1.165, 1.54) is 11.1 Å². The number of fused-ring (bicyclic) bond motifs is 1. The van der Waals surface area contributed by atoms with E-state index in [2.05, 4.69) is 17.0 Å². The highest BCUT2D eigenvalue weighted by atomic mass is 32.1. The first-order valence-corrected chi connectivity index (χ1v) is 7.24. The molecule has 104 valence electrons. The van der Waals surface area contributed by atoms with E-state index in [0.29, 0.717) is 5.11 Å². The molecule has 3 rings (SSSR count). The maximum atomic E-state index is 12.6. The van der Waals surface area contributed by atoms with E-state index in [4.69, 9.17) is 12.2 Å².